The number of piperazine rings is 1. The number of ether oxygens (including phenoxy) is 2. The fraction of sp³-hybridized carbons (Fsp3) is 0.435. The van der Waals surface area contributed by atoms with Gasteiger partial charge in [0.05, 0.1) is 18.1 Å². The number of methoxy groups -OCH3 is 1. The highest BCUT2D eigenvalue weighted by molar-refractivity contribution is 5.78. The van der Waals surface area contributed by atoms with Crippen molar-refractivity contribution in [2.75, 3.05) is 44.8 Å². The molecule has 0 spiro atoms. The van der Waals surface area contributed by atoms with Gasteiger partial charge in [0.25, 0.3) is 11.6 Å². The summed E-state index contributed by atoms with van der Waals surface area (Å²) in [5.41, 5.74) is 1.80. The molecule has 0 saturated carbocycles. The molecule has 0 radical (unpaired) electrons. The monoisotopic (exact) mass is 427 g/mol. The Bertz CT molecular complexity index is 908. The molecule has 166 valence electrons. The van der Waals surface area contributed by atoms with Crippen molar-refractivity contribution in [1.82, 2.24) is 4.90 Å². The molecule has 1 aliphatic heterocycles. The van der Waals surface area contributed by atoms with Crippen LogP contribution in [0.4, 0.5) is 11.4 Å². The van der Waals surface area contributed by atoms with Crippen molar-refractivity contribution in [2.45, 2.75) is 26.2 Å². The lowest BCUT2D eigenvalue weighted by Crippen LogP contribution is -2.50. The number of hydrogen-bond acceptors (Lipinski definition) is 6. The van der Waals surface area contributed by atoms with Gasteiger partial charge in [-0.05, 0) is 42.2 Å². The number of amides is 1. The Labute approximate surface area is 182 Å². The van der Waals surface area contributed by atoms with Crippen LogP contribution in [-0.2, 0) is 4.79 Å². The highest BCUT2D eigenvalue weighted by Crippen LogP contribution is 2.32. The van der Waals surface area contributed by atoms with Gasteiger partial charge in [0.15, 0.2) is 6.61 Å². The summed E-state index contributed by atoms with van der Waals surface area (Å²) in [6, 6.07) is 12.7. The van der Waals surface area contributed by atoms with E-state index in [1.54, 1.807) is 17.0 Å². The summed E-state index contributed by atoms with van der Waals surface area (Å²) in [4.78, 5) is 27.3. The molecule has 0 bridgehead atoms. The van der Waals surface area contributed by atoms with Gasteiger partial charge in [0, 0.05) is 26.2 Å². The summed E-state index contributed by atoms with van der Waals surface area (Å²) >= 11 is 0. The van der Waals surface area contributed by atoms with E-state index in [-0.39, 0.29) is 18.2 Å². The largest absolute Gasteiger partial charge is 0.496 e. The topological polar surface area (TPSA) is 85.2 Å². The van der Waals surface area contributed by atoms with E-state index in [1.165, 1.54) is 18.7 Å². The van der Waals surface area contributed by atoms with E-state index in [0.29, 0.717) is 49.3 Å². The van der Waals surface area contributed by atoms with E-state index in [2.05, 4.69) is 13.8 Å². The number of hydrogen-bond donors (Lipinski definition) is 0. The number of nitro groups is 1. The first kappa shape index (κ1) is 22.4. The minimum Gasteiger partial charge on any atom is -0.496 e. The Balaban J connectivity index is 1.54. The van der Waals surface area contributed by atoms with Crippen molar-refractivity contribution in [1.29, 1.82) is 0 Å². The molecule has 1 amide bonds. The molecule has 2 aromatic rings. The van der Waals surface area contributed by atoms with Crippen LogP contribution in [0.3, 0.4) is 0 Å². The van der Waals surface area contributed by atoms with E-state index in [4.69, 9.17) is 9.47 Å². The van der Waals surface area contributed by atoms with Crippen LogP contribution in [0.15, 0.2) is 42.5 Å². The number of benzene rings is 2. The maximum atomic E-state index is 12.6. The van der Waals surface area contributed by atoms with E-state index in [1.807, 2.05) is 29.2 Å². The number of nitro benzene ring substituents is 1. The van der Waals surface area contributed by atoms with Crippen molar-refractivity contribution in [2.24, 2.45) is 0 Å². The zero-order valence-electron chi connectivity index (χ0n) is 18.2. The highest BCUT2D eigenvalue weighted by atomic mass is 16.6. The third-order valence-corrected chi connectivity index (χ3v) is 5.78. The van der Waals surface area contributed by atoms with Gasteiger partial charge in [-0.1, -0.05) is 26.0 Å². The molecule has 8 nitrogen and oxygen atoms in total. The van der Waals surface area contributed by atoms with Crippen molar-refractivity contribution in [3.63, 3.8) is 0 Å². The van der Waals surface area contributed by atoms with Crippen molar-refractivity contribution in [3.8, 4) is 11.5 Å². The van der Waals surface area contributed by atoms with Gasteiger partial charge < -0.3 is 19.3 Å². The van der Waals surface area contributed by atoms with Crippen LogP contribution in [0.1, 0.15) is 31.7 Å². The third-order valence-electron chi connectivity index (χ3n) is 5.78. The van der Waals surface area contributed by atoms with Crippen LogP contribution in [0.5, 0.6) is 11.5 Å². The van der Waals surface area contributed by atoms with Crippen molar-refractivity contribution < 1.29 is 19.2 Å². The zero-order valence-corrected chi connectivity index (χ0v) is 18.2. The molecule has 0 aromatic heterocycles. The summed E-state index contributed by atoms with van der Waals surface area (Å²) in [6.45, 7) is 6.31. The van der Waals surface area contributed by atoms with Crippen LogP contribution in [0.2, 0.25) is 0 Å². The van der Waals surface area contributed by atoms with E-state index in [9.17, 15) is 14.9 Å². The molecular weight excluding hydrogens is 398 g/mol. The van der Waals surface area contributed by atoms with E-state index >= 15 is 0 Å². The summed E-state index contributed by atoms with van der Waals surface area (Å²) < 4.78 is 10.8. The summed E-state index contributed by atoms with van der Waals surface area (Å²) in [5.74, 6) is 1.52. The van der Waals surface area contributed by atoms with Gasteiger partial charge in [-0.2, -0.15) is 0 Å². The quantitative estimate of drug-likeness (QED) is 0.470. The predicted molar refractivity (Wildman–Crippen MR) is 119 cm³/mol. The zero-order chi connectivity index (χ0) is 22.4. The van der Waals surface area contributed by atoms with Gasteiger partial charge in [-0.3, -0.25) is 14.9 Å². The smallest absolute Gasteiger partial charge is 0.296 e. The molecule has 1 aliphatic rings. The second kappa shape index (κ2) is 10.1. The third kappa shape index (κ3) is 5.45. The highest BCUT2D eigenvalue weighted by Gasteiger charge is 2.26. The number of carbonyl (C=O) groups is 1. The fourth-order valence-corrected chi connectivity index (χ4v) is 3.61. The Morgan fingerprint density at radius 2 is 1.74 bits per heavy atom. The maximum Gasteiger partial charge on any atom is 0.296 e. The molecule has 0 aliphatic carbocycles. The minimum absolute atomic E-state index is 0.00305. The molecule has 1 fully saturated rings. The average Bonchev–Trinajstić information content (AvgIpc) is 2.82. The molecule has 2 aromatic carbocycles. The van der Waals surface area contributed by atoms with E-state index < -0.39 is 4.92 Å². The Morgan fingerprint density at radius 3 is 2.32 bits per heavy atom. The second-order valence-electron chi connectivity index (χ2n) is 7.65. The molecule has 1 heterocycles. The van der Waals surface area contributed by atoms with Gasteiger partial charge >= 0.3 is 0 Å². The lowest BCUT2D eigenvalue weighted by Gasteiger charge is -2.35. The van der Waals surface area contributed by atoms with Gasteiger partial charge in [0.2, 0.25) is 0 Å². The lowest BCUT2D eigenvalue weighted by atomic mass is 9.99. The first-order chi connectivity index (χ1) is 14.9. The minimum atomic E-state index is -0.407. The summed E-state index contributed by atoms with van der Waals surface area (Å²) in [5, 5.41) is 11.4. The summed E-state index contributed by atoms with van der Waals surface area (Å²) in [7, 11) is 1.48. The molecular formula is C23H29N3O5. The fourth-order valence-electron chi connectivity index (χ4n) is 3.61. The Morgan fingerprint density at radius 1 is 1.10 bits per heavy atom. The number of anilines is 1. The average molecular weight is 428 g/mol. The molecule has 1 atom stereocenters. The molecule has 3 rings (SSSR count). The number of nitrogens with zero attached hydrogens (tertiary/aromatic N) is 3. The normalized spacial score (nSPS) is 14.8. The Hall–Kier alpha value is -3.29. The van der Waals surface area contributed by atoms with Gasteiger partial charge in [-0.25, -0.2) is 0 Å². The maximum absolute atomic E-state index is 12.6. The van der Waals surface area contributed by atoms with Crippen LogP contribution in [0, 0.1) is 10.1 Å². The molecule has 1 saturated heterocycles. The Kier molecular flexibility index (Phi) is 7.33. The van der Waals surface area contributed by atoms with Gasteiger partial charge in [0.1, 0.15) is 17.2 Å². The van der Waals surface area contributed by atoms with Crippen LogP contribution in [0.25, 0.3) is 0 Å². The second-order valence-corrected chi connectivity index (χ2v) is 7.65. The van der Waals surface area contributed by atoms with Gasteiger partial charge in [-0.15, -0.1) is 0 Å². The van der Waals surface area contributed by atoms with Crippen LogP contribution >= 0.6 is 0 Å². The molecule has 0 N–H and O–H groups in total. The number of carbonyl (C=O) groups excluding carboxylic acids is 1. The van der Waals surface area contributed by atoms with Crippen molar-refractivity contribution in [3.05, 3.63) is 58.1 Å². The molecule has 1 unspecified atom stereocenters. The molecule has 31 heavy (non-hydrogen) atoms. The SMILES string of the molecule is CCC(C)c1ccc(OCC(=O)N2CCN(c3ccc(OC)cc3[N+](=O)[O-])CC2)cc1. The van der Waals surface area contributed by atoms with Crippen LogP contribution in [-0.4, -0.2) is 55.6 Å². The first-order valence-electron chi connectivity index (χ1n) is 10.5. The standard InChI is InChI=1S/C23H29N3O5/c1-4-17(2)18-5-7-19(8-6-18)31-16-23(27)25-13-11-24(12-14-25)21-10-9-20(30-3)15-22(21)26(28)29/h5-10,15,17H,4,11-14,16H2,1-3H3. The van der Waals surface area contributed by atoms with E-state index in [0.717, 1.165) is 6.42 Å². The predicted octanol–water partition coefficient (Wildman–Crippen LogP) is 3.84. The van der Waals surface area contributed by atoms with Crippen molar-refractivity contribution >= 4 is 17.3 Å². The summed E-state index contributed by atoms with van der Waals surface area (Å²) in [6.07, 6.45) is 1.07. The molecule has 8 heteroatoms. The van der Waals surface area contributed by atoms with Crippen LogP contribution < -0.4 is 14.4 Å². The first-order valence-corrected chi connectivity index (χ1v) is 10.5. The number of rotatable bonds is 8. The lowest BCUT2D eigenvalue weighted by molar-refractivity contribution is -0.384.